The van der Waals surface area contributed by atoms with E-state index < -0.39 is 11.9 Å². The van der Waals surface area contributed by atoms with E-state index in [4.69, 9.17) is 19.0 Å². The van der Waals surface area contributed by atoms with Gasteiger partial charge in [-0.25, -0.2) is 5.06 Å². The number of para-hydroxylation sites is 1. The van der Waals surface area contributed by atoms with Crippen molar-refractivity contribution < 1.29 is 33.7 Å². The van der Waals surface area contributed by atoms with Crippen LogP contribution in [0.25, 0.3) is 0 Å². The van der Waals surface area contributed by atoms with E-state index in [1.165, 1.54) is 5.06 Å². The number of hydrogen-bond acceptors (Lipinski definition) is 7. The maximum absolute atomic E-state index is 13.4. The minimum Gasteiger partial charge on any atom is -0.493 e. The molecule has 39 heavy (non-hydrogen) atoms. The predicted molar refractivity (Wildman–Crippen MR) is 144 cm³/mol. The molecule has 1 N–H and O–H groups in total. The van der Waals surface area contributed by atoms with Gasteiger partial charge in [0.05, 0.1) is 25.7 Å². The van der Waals surface area contributed by atoms with Crippen LogP contribution in [0, 0.1) is 5.92 Å². The van der Waals surface area contributed by atoms with Crippen molar-refractivity contribution in [3.8, 4) is 17.2 Å². The van der Waals surface area contributed by atoms with Crippen LogP contribution in [0.5, 0.6) is 17.2 Å². The quantitative estimate of drug-likeness (QED) is 0.405. The lowest BCUT2D eigenvalue weighted by Gasteiger charge is -2.29. The first-order chi connectivity index (χ1) is 19.0. The molecule has 0 radical (unpaired) electrons. The molecule has 0 aliphatic carbocycles. The normalized spacial score (nSPS) is 21.5. The van der Waals surface area contributed by atoms with E-state index in [1.807, 2.05) is 49.1 Å². The van der Waals surface area contributed by atoms with Crippen LogP contribution in [-0.4, -0.2) is 72.6 Å². The highest BCUT2D eigenvalue weighted by Crippen LogP contribution is 2.42. The van der Waals surface area contributed by atoms with Crippen LogP contribution < -0.4 is 14.2 Å². The summed E-state index contributed by atoms with van der Waals surface area (Å²) in [7, 11) is 0. The van der Waals surface area contributed by atoms with Crippen molar-refractivity contribution in [1.82, 2.24) is 9.96 Å². The van der Waals surface area contributed by atoms with Crippen molar-refractivity contribution in [2.75, 3.05) is 39.6 Å². The molecule has 0 aromatic heterocycles. The van der Waals surface area contributed by atoms with E-state index >= 15 is 0 Å². The number of carboxylic acid groups (broad SMARTS) is 1. The number of amides is 1. The fraction of sp³-hybridized carbons (Fsp3) is 0.533. The second-order valence-electron chi connectivity index (χ2n) is 10.5. The lowest BCUT2D eigenvalue weighted by molar-refractivity contribution is -0.188. The topological polar surface area (TPSA) is 97.8 Å². The third kappa shape index (κ3) is 5.84. The molecule has 3 heterocycles. The fourth-order valence-electron chi connectivity index (χ4n) is 6.04. The van der Waals surface area contributed by atoms with Gasteiger partial charge in [-0.1, -0.05) is 38.1 Å². The number of carbonyl (C=O) groups excluding carboxylic acids is 1. The smallest absolute Gasteiger partial charge is 0.308 e. The van der Waals surface area contributed by atoms with Crippen molar-refractivity contribution in [2.24, 2.45) is 5.92 Å². The lowest BCUT2D eigenvalue weighted by Crippen LogP contribution is -2.44. The third-order valence-electron chi connectivity index (χ3n) is 7.86. The Morgan fingerprint density at radius 2 is 1.97 bits per heavy atom. The number of likely N-dealkylation sites (tertiary alicyclic amines) is 1. The highest BCUT2D eigenvalue weighted by molar-refractivity contribution is 5.78. The molecule has 0 spiro atoms. The Morgan fingerprint density at radius 3 is 2.77 bits per heavy atom. The van der Waals surface area contributed by atoms with Gasteiger partial charge in [-0.2, -0.15) is 0 Å². The number of carbonyl (C=O) groups is 2. The van der Waals surface area contributed by atoms with E-state index in [1.54, 1.807) is 0 Å². The number of ether oxygens (including phenoxy) is 3. The van der Waals surface area contributed by atoms with Crippen LogP contribution in [-0.2, 0) is 27.3 Å². The van der Waals surface area contributed by atoms with Crippen molar-refractivity contribution in [3.05, 3.63) is 53.1 Å². The maximum Gasteiger partial charge on any atom is 0.308 e. The molecule has 210 valence electrons. The standard InChI is InChI=1S/C30H38N2O7/c1-3-13-32(39-14-4-2)27(33)18-31-17-23(21-9-11-25-22(16-21)12-15-36-25)28(30(34)35)24(31)10-8-20-6-5-7-26-29(20)38-19-37-26/h5-7,9,11,16,23-24,28H,3-4,8,10,12-15,17-19H2,1-2H3,(H,34,35)/t23-,24+,28?/m1/s1. The minimum absolute atomic E-state index is 0.106. The molecule has 5 rings (SSSR count). The van der Waals surface area contributed by atoms with Gasteiger partial charge in [0.2, 0.25) is 6.79 Å². The number of carboxylic acids is 1. The van der Waals surface area contributed by atoms with Gasteiger partial charge in [0.15, 0.2) is 11.5 Å². The molecular weight excluding hydrogens is 500 g/mol. The van der Waals surface area contributed by atoms with Crippen LogP contribution in [0.3, 0.4) is 0 Å². The number of benzene rings is 2. The SMILES string of the molecule is CCCON(CCC)C(=O)CN1C[C@H](c2ccc3c(c2)CCO3)C(C(=O)O)[C@@H]1CCc1cccc2c1OCO2. The Labute approximate surface area is 229 Å². The molecule has 0 saturated carbocycles. The number of hydrogen-bond donors (Lipinski definition) is 1. The molecule has 1 unspecified atom stereocenters. The van der Waals surface area contributed by atoms with Gasteiger partial charge >= 0.3 is 5.97 Å². The first kappa shape index (κ1) is 27.3. The molecule has 9 nitrogen and oxygen atoms in total. The summed E-state index contributed by atoms with van der Waals surface area (Å²) >= 11 is 0. The van der Waals surface area contributed by atoms with Crippen molar-refractivity contribution in [2.45, 2.75) is 57.9 Å². The van der Waals surface area contributed by atoms with Gasteiger partial charge < -0.3 is 19.3 Å². The number of hydroxylamine groups is 2. The average Bonchev–Trinajstić information content (AvgIpc) is 3.68. The summed E-state index contributed by atoms with van der Waals surface area (Å²) in [6.45, 7) is 6.39. The van der Waals surface area contributed by atoms with Crippen molar-refractivity contribution >= 4 is 11.9 Å². The van der Waals surface area contributed by atoms with Gasteiger partial charge in [0.25, 0.3) is 5.91 Å². The van der Waals surface area contributed by atoms with Crippen LogP contribution in [0.4, 0.5) is 0 Å². The number of nitrogens with zero attached hydrogens (tertiary/aromatic N) is 2. The summed E-state index contributed by atoms with van der Waals surface area (Å²) in [5.74, 6) is 0.411. The van der Waals surface area contributed by atoms with Crippen molar-refractivity contribution in [3.63, 3.8) is 0 Å². The Balaban J connectivity index is 1.42. The Morgan fingerprint density at radius 1 is 1.10 bits per heavy atom. The molecule has 3 aliphatic heterocycles. The number of aryl methyl sites for hydroxylation is 1. The maximum atomic E-state index is 13.4. The minimum atomic E-state index is -0.845. The zero-order valence-corrected chi connectivity index (χ0v) is 22.8. The van der Waals surface area contributed by atoms with Crippen LogP contribution in [0.2, 0.25) is 0 Å². The monoisotopic (exact) mass is 538 g/mol. The van der Waals surface area contributed by atoms with Crippen molar-refractivity contribution in [1.29, 1.82) is 0 Å². The van der Waals surface area contributed by atoms with E-state index in [0.29, 0.717) is 44.9 Å². The average molecular weight is 539 g/mol. The van der Waals surface area contributed by atoms with Gasteiger partial charge in [-0.15, -0.1) is 0 Å². The molecule has 0 bridgehead atoms. The van der Waals surface area contributed by atoms with Crippen LogP contribution in [0.1, 0.15) is 55.7 Å². The van der Waals surface area contributed by atoms with Gasteiger partial charge in [0.1, 0.15) is 5.75 Å². The van der Waals surface area contributed by atoms with Crippen LogP contribution >= 0.6 is 0 Å². The molecule has 1 saturated heterocycles. The Hall–Kier alpha value is -3.30. The molecule has 1 amide bonds. The lowest BCUT2D eigenvalue weighted by atomic mass is 9.83. The number of aliphatic carboxylic acids is 1. The largest absolute Gasteiger partial charge is 0.493 e. The van der Waals surface area contributed by atoms with Gasteiger partial charge in [0, 0.05) is 31.5 Å². The Bertz CT molecular complexity index is 1190. The summed E-state index contributed by atoms with van der Waals surface area (Å²) in [5.41, 5.74) is 3.08. The number of fused-ring (bicyclic) bond motifs is 2. The zero-order valence-electron chi connectivity index (χ0n) is 22.8. The van der Waals surface area contributed by atoms with E-state index in [-0.39, 0.29) is 31.2 Å². The Kier molecular flexibility index (Phi) is 8.57. The van der Waals surface area contributed by atoms with E-state index in [9.17, 15) is 14.7 Å². The third-order valence-corrected chi connectivity index (χ3v) is 7.86. The second-order valence-corrected chi connectivity index (χ2v) is 10.5. The molecule has 1 fully saturated rings. The zero-order chi connectivity index (χ0) is 27.4. The highest BCUT2D eigenvalue weighted by Gasteiger charge is 2.47. The van der Waals surface area contributed by atoms with Gasteiger partial charge in [-0.05, 0) is 54.5 Å². The first-order valence-electron chi connectivity index (χ1n) is 14.0. The molecule has 9 heteroatoms. The predicted octanol–water partition coefficient (Wildman–Crippen LogP) is 4.03. The summed E-state index contributed by atoms with van der Waals surface area (Å²) in [6.07, 6.45) is 3.58. The second kappa shape index (κ2) is 12.3. The van der Waals surface area contributed by atoms with E-state index in [0.717, 1.165) is 47.5 Å². The molecule has 2 aromatic carbocycles. The fourth-order valence-corrected chi connectivity index (χ4v) is 6.04. The number of rotatable bonds is 12. The summed E-state index contributed by atoms with van der Waals surface area (Å²) < 4.78 is 16.9. The summed E-state index contributed by atoms with van der Waals surface area (Å²) in [5, 5.41) is 12.0. The molecule has 2 aromatic rings. The summed E-state index contributed by atoms with van der Waals surface area (Å²) in [4.78, 5) is 34.0. The van der Waals surface area contributed by atoms with E-state index in [2.05, 4.69) is 6.07 Å². The summed E-state index contributed by atoms with van der Waals surface area (Å²) in [6, 6.07) is 11.5. The first-order valence-corrected chi connectivity index (χ1v) is 14.0. The molecule has 3 aliphatic rings. The van der Waals surface area contributed by atoms with Crippen LogP contribution in [0.15, 0.2) is 36.4 Å². The molecular formula is C30H38N2O7. The van der Waals surface area contributed by atoms with Gasteiger partial charge in [-0.3, -0.25) is 19.3 Å². The molecule has 3 atom stereocenters. The highest BCUT2D eigenvalue weighted by atomic mass is 16.7.